The summed E-state index contributed by atoms with van der Waals surface area (Å²) in [6.07, 6.45) is 1.86. The summed E-state index contributed by atoms with van der Waals surface area (Å²) < 4.78 is 0. The van der Waals surface area contributed by atoms with Gasteiger partial charge in [0, 0.05) is 0 Å². The summed E-state index contributed by atoms with van der Waals surface area (Å²) in [6.45, 7) is 2.11. The fourth-order valence-electron chi connectivity index (χ4n) is 0.144. The molecule has 0 aromatic carbocycles. The molecule has 3 N–H and O–H groups in total. The molecule has 0 atom stereocenters. The van der Waals surface area contributed by atoms with E-state index in [-0.39, 0.29) is 44.8 Å². The van der Waals surface area contributed by atoms with Gasteiger partial charge in [-0.2, -0.15) is 0 Å². The van der Waals surface area contributed by atoms with Gasteiger partial charge < -0.3 is 21.5 Å². The molecule has 0 aliphatic heterocycles. The Hall–Kier alpha value is 0.554. The Labute approximate surface area is 70.1 Å². The molecule has 4 nitrogen and oxygen atoms in total. The van der Waals surface area contributed by atoms with Crippen LogP contribution in [0.2, 0.25) is 0 Å². The van der Waals surface area contributed by atoms with E-state index in [0.29, 0.717) is 0 Å². The SMILES string of the molecule is CCCC[O-].[OH-].[OH-].[OH-].[Ti+4]. The molecule has 0 unspecified atom stereocenters. The zero-order chi connectivity index (χ0) is 4.12. The van der Waals surface area contributed by atoms with E-state index in [4.69, 9.17) is 0 Å². The van der Waals surface area contributed by atoms with Crippen molar-refractivity contribution in [3.63, 3.8) is 0 Å². The van der Waals surface area contributed by atoms with Gasteiger partial charge in [-0.3, -0.25) is 0 Å². The molecule has 0 bridgehead atoms. The van der Waals surface area contributed by atoms with Gasteiger partial charge in [0.2, 0.25) is 0 Å². The Morgan fingerprint density at radius 1 is 1.11 bits per heavy atom. The average molecular weight is 172 g/mol. The van der Waals surface area contributed by atoms with Gasteiger partial charge in [-0.15, -0.1) is 6.61 Å². The van der Waals surface area contributed by atoms with Gasteiger partial charge >= 0.3 is 21.7 Å². The molecule has 5 heteroatoms. The summed E-state index contributed by atoms with van der Waals surface area (Å²) in [4.78, 5) is 0. The van der Waals surface area contributed by atoms with E-state index >= 15 is 0 Å². The molecule has 0 fully saturated rings. The molecular weight excluding hydrogens is 160 g/mol. The van der Waals surface area contributed by atoms with Crippen LogP contribution in [0, 0.1) is 0 Å². The molecule has 0 amide bonds. The van der Waals surface area contributed by atoms with Crippen LogP contribution in [0.5, 0.6) is 0 Å². The average Bonchev–Trinajstić information content (AvgIpc) is 1.41. The number of hydrogen-bond acceptors (Lipinski definition) is 4. The van der Waals surface area contributed by atoms with Gasteiger partial charge in [-0.1, -0.05) is 19.8 Å². The summed E-state index contributed by atoms with van der Waals surface area (Å²) in [5, 5.41) is 9.53. The van der Waals surface area contributed by atoms with E-state index < -0.39 is 0 Å². The van der Waals surface area contributed by atoms with Crippen LogP contribution in [-0.2, 0) is 21.7 Å². The molecule has 0 radical (unpaired) electrons. The van der Waals surface area contributed by atoms with E-state index in [0.717, 1.165) is 12.8 Å². The van der Waals surface area contributed by atoms with Crippen LogP contribution in [0.15, 0.2) is 0 Å². The Morgan fingerprint density at radius 3 is 1.44 bits per heavy atom. The first kappa shape index (κ1) is 33.7. The van der Waals surface area contributed by atoms with Crippen molar-refractivity contribution in [3.05, 3.63) is 0 Å². The molecule has 0 aromatic rings. The third-order valence-electron chi connectivity index (χ3n) is 0.498. The van der Waals surface area contributed by atoms with Gasteiger partial charge in [0.25, 0.3) is 0 Å². The summed E-state index contributed by atoms with van der Waals surface area (Å²) in [7, 11) is 0. The largest absolute Gasteiger partial charge is 4.00 e. The predicted octanol–water partition coefficient (Wildman–Crippen LogP) is -0.386. The van der Waals surface area contributed by atoms with Gasteiger partial charge in [-0.25, -0.2) is 0 Å². The van der Waals surface area contributed by atoms with Crippen LogP contribution < -0.4 is 5.11 Å². The quantitative estimate of drug-likeness (QED) is 0.527. The molecule has 0 saturated heterocycles. The van der Waals surface area contributed by atoms with Gasteiger partial charge in [-0.05, 0) is 0 Å². The first-order valence-corrected chi connectivity index (χ1v) is 2.00. The van der Waals surface area contributed by atoms with Crippen molar-refractivity contribution < 1.29 is 43.3 Å². The minimum Gasteiger partial charge on any atom is -0.870 e. The summed E-state index contributed by atoms with van der Waals surface area (Å²) in [5.41, 5.74) is 0. The number of hydrogen-bond donors (Lipinski definition) is 0. The molecule has 0 heterocycles. The standard InChI is InChI=1S/C4H9O.3H2O.Ti/c1-2-3-4-5;;;;/h2-4H2,1H3;3*1H2;/q-1;;;;+4/p-3. The van der Waals surface area contributed by atoms with E-state index in [2.05, 4.69) is 0 Å². The van der Waals surface area contributed by atoms with Crippen molar-refractivity contribution in [2.24, 2.45) is 0 Å². The van der Waals surface area contributed by atoms with Crippen molar-refractivity contribution in [1.82, 2.24) is 0 Å². The first-order valence-electron chi connectivity index (χ1n) is 2.00. The van der Waals surface area contributed by atoms with Gasteiger partial charge in [0.1, 0.15) is 0 Å². The molecular formula is C4H12O4Ti. The first-order chi connectivity index (χ1) is 2.41. The van der Waals surface area contributed by atoms with Gasteiger partial charge in [0.15, 0.2) is 0 Å². The zero-order valence-corrected chi connectivity index (χ0v) is 6.93. The van der Waals surface area contributed by atoms with E-state index in [1.54, 1.807) is 0 Å². The molecule has 0 spiro atoms. The van der Waals surface area contributed by atoms with E-state index in [1.807, 2.05) is 6.92 Å². The van der Waals surface area contributed by atoms with Crippen LogP contribution >= 0.6 is 0 Å². The second-order valence-corrected chi connectivity index (χ2v) is 1.06. The van der Waals surface area contributed by atoms with Crippen molar-refractivity contribution in [1.29, 1.82) is 0 Å². The maximum Gasteiger partial charge on any atom is 4.00 e. The Kier molecular flexibility index (Phi) is 145. The smallest absolute Gasteiger partial charge is 0.870 e. The monoisotopic (exact) mass is 172 g/mol. The van der Waals surface area contributed by atoms with Crippen LogP contribution in [-0.4, -0.2) is 23.0 Å². The number of unbranched alkanes of at least 4 members (excludes halogenated alkanes) is 1. The number of rotatable bonds is 2. The molecule has 0 aliphatic rings. The predicted molar refractivity (Wildman–Crippen MR) is 25.6 cm³/mol. The minimum absolute atomic E-state index is 0. The van der Waals surface area contributed by atoms with Crippen molar-refractivity contribution in [2.75, 3.05) is 6.61 Å². The summed E-state index contributed by atoms with van der Waals surface area (Å²) in [5.74, 6) is 0. The third kappa shape index (κ3) is 56.3. The molecule has 0 aromatic heterocycles. The Balaban J connectivity index is -0.0000000133. The van der Waals surface area contributed by atoms with E-state index in [1.165, 1.54) is 0 Å². The second-order valence-electron chi connectivity index (χ2n) is 1.06. The molecule has 0 aliphatic carbocycles. The fourth-order valence-corrected chi connectivity index (χ4v) is 0.144. The van der Waals surface area contributed by atoms with Crippen LogP contribution in [0.4, 0.5) is 0 Å². The second kappa shape index (κ2) is 38.6. The molecule has 56 valence electrons. The van der Waals surface area contributed by atoms with Crippen molar-refractivity contribution >= 4 is 0 Å². The summed E-state index contributed by atoms with van der Waals surface area (Å²) in [6, 6.07) is 0. The van der Waals surface area contributed by atoms with Crippen LogP contribution in [0.3, 0.4) is 0 Å². The minimum atomic E-state index is 0. The maximum absolute atomic E-state index is 9.53. The Bertz CT molecular complexity index is 20.0. The van der Waals surface area contributed by atoms with Crippen molar-refractivity contribution in [2.45, 2.75) is 19.8 Å². The van der Waals surface area contributed by atoms with E-state index in [9.17, 15) is 5.11 Å². The van der Waals surface area contributed by atoms with Gasteiger partial charge in [0.05, 0.1) is 0 Å². The van der Waals surface area contributed by atoms with Crippen molar-refractivity contribution in [3.8, 4) is 0 Å². The van der Waals surface area contributed by atoms with Crippen LogP contribution in [0.1, 0.15) is 19.8 Å². The molecule has 0 saturated carbocycles. The van der Waals surface area contributed by atoms with Crippen LogP contribution in [0.25, 0.3) is 0 Å². The summed E-state index contributed by atoms with van der Waals surface area (Å²) >= 11 is 0. The molecule has 0 rings (SSSR count). The maximum atomic E-state index is 9.53. The normalized spacial score (nSPS) is 4.67. The Morgan fingerprint density at radius 2 is 1.44 bits per heavy atom. The third-order valence-corrected chi connectivity index (χ3v) is 0.498. The molecule has 9 heavy (non-hydrogen) atoms. The topological polar surface area (TPSA) is 113 Å². The fraction of sp³-hybridized carbons (Fsp3) is 1.00. The zero-order valence-electron chi connectivity index (χ0n) is 5.37.